The molecule has 1 aliphatic rings. The maximum absolute atomic E-state index is 12.5. The lowest BCUT2D eigenvalue weighted by atomic mass is 10.1. The summed E-state index contributed by atoms with van der Waals surface area (Å²) < 4.78 is 4.92. The third-order valence-corrected chi connectivity index (χ3v) is 3.80. The van der Waals surface area contributed by atoms with Crippen LogP contribution in [0, 0.1) is 0 Å². The normalized spacial score (nSPS) is 14.4. The second-order valence-electron chi connectivity index (χ2n) is 5.47. The highest BCUT2D eigenvalue weighted by molar-refractivity contribution is 5.98. The Kier molecular flexibility index (Phi) is 6.68. The molecule has 1 N–H and O–H groups in total. The maximum atomic E-state index is 12.5. The zero-order chi connectivity index (χ0) is 17.4. The number of aromatic nitrogens is 1. The van der Waals surface area contributed by atoms with Gasteiger partial charge in [0.2, 0.25) is 6.41 Å². The molecule has 130 valence electrons. The van der Waals surface area contributed by atoms with Crippen molar-refractivity contribution >= 4 is 18.2 Å². The Morgan fingerprint density at radius 1 is 1.33 bits per heavy atom. The Balaban J connectivity index is 1.95. The molecule has 1 aromatic heterocycles. The Morgan fingerprint density at radius 2 is 2.08 bits per heavy atom. The Bertz CT molecular complexity index is 585. The van der Waals surface area contributed by atoms with Gasteiger partial charge in [-0.3, -0.25) is 19.4 Å². The summed E-state index contributed by atoms with van der Waals surface area (Å²) in [5.74, 6) is -0.470. The lowest BCUT2D eigenvalue weighted by Gasteiger charge is -2.32. The van der Waals surface area contributed by atoms with Gasteiger partial charge < -0.3 is 19.9 Å². The van der Waals surface area contributed by atoms with E-state index in [0.29, 0.717) is 51.3 Å². The summed E-state index contributed by atoms with van der Waals surface area (Å²) in [7, 11) is 1.60. The third kappa shape index (κ3) is 4.76. The summed E-state index contributed by atoms with van der Waals surface area (Å²) in [4.78, 5) is 42.6. The van der Waals surface area contributed by atoms with E-state index in [0.717, 1.165) is 6.41 Å². The molecule has 1 saturated heterocycles. The summed E-state index contributed by atoms with van der Waals surface area (Å²) in [6.07, 6.45) is 2.96. The largest absolute Gasteiger partial charge is 0.385 e. The van der Waals surface area contributed by atoms with Crippen LogP contribution < -0.4 is 5.32 Å². The zero-order valence-corrected chi connectivity index (χ0v) is 13.7. The van der Waals surface area contributed by atoms with Crippen LogP contribution in [0.15, 0.2) is 18.3 Å². The van der Waals surface area contributed by atoms with Crippen LogP contribution in [0.5, 0.6) is 0 Å². The van der Waals surface area contributed by atoms with E-state index in [4.69, 9.17) is 4.74 Å². The summed E-state index contributed by atoms with van der Waals surface area (Å²) in [5.41, 5.74) is 0.636. The van der Waals surface area contributed by atoms with E-state index in [9.17, 15) is 14.4 Å². The van der Waals surface area contributed by atoms with Gasteiger partial charge in [0.1, 0.15) is 5.69 Å². The first kappa shape index (κ1) is 17.9. The zero-order valence-electron chi connectivity index (χ0n) is 13.7. The molecular formula is C16H22N4O4. The molecule has 2 rings (SSSR count). The molecule has 0 unspecified atom stereocenters. The van der Waals surface area contributed by atoms with Gasteiger partial charge >= 0.3 is 0 Å². The van der Waals surface area contributed by atoms with Crippen LogP contribution in [0.25, 0.3) is 0 Å². The number of pyridine rings is 1. The highest BCUT2D eigenvalue weighted by atomic mass is 16.5. The van der Waals surface area contributed by atoms with Crippen molar-refractivity contribution in [3.63, 3.8) is 0 Å². The van der Waals surface area contributed by atoms with Crippen molar-refractivity contribution in [2.75, 3.05) is 46.4 Å². The number of ether oxygens (including phenoxy) is 1. The fraction of sp³-hybridized carbons (Fsp3) is 0.500. The predicted molar refractivity (Wildman–Crippen MR) is 86.6 cm³/mol. The molecule has 0 spiro atoms. The van der Waals surface area contributed by atoms with Gasteiger partial charge in [-0.2, -0.15) is 0 Å². The Hall–Kier alpha value is -2.48. The fourth-order valence-corrected chi connectivity index (χ4v) is 2.41. The van der Waals surface area contributed by atoms with E-state index in [-0.39, 0.29) is 17.5 Å². The summed E-state index contributed by atoms with van der Waals surface area (Å²) in [5, 5.41) is 2.74. The lowest BCUT2D eigenvalue weighted by molar-refractivity contribution is -0.119. The topological polar surface area (TPSA) is 91.8 Å². The van der Waals surface area contributed by atoms with Gasteiger partial charge in [0.25, 0.3) is 11.8 Å². The molecule has 0 atom stereocenters. The predicted octanol–water partition coefficient (Wildman–Crippen LogP) is -0.238. The van der Waals surface area contributed by atoms with Gasteiger partial charge in [-0.25, -0.2) is 0 Å². The van der Waals surface area contributed by atoms with Gasteiger partial charge in [-0.05, 0) is 18.6 Å². The van der Waals surface area contributed by atoms with E-state index in [1.54, 1.807) is 23.0 Å². The van der Waals surface area contributed by atoms with Crippen LogP contribution in [0.4, 0.5) is 0 Å². The standard InChI is InChI=1S/C16H22N4O4/c1-24-10-2-4-18-15(22)14-11-13(3-5-17-14)16(23)20-8-6-19(12-21)7-9-20/h3,5,11-12H,2,4,6-10H2,1H3,(H,18,22). The molecule has 0 aliphatic carbocycles. The van der Waals surface area contributed by atoms with Crippen LogP contribution in [-0.2, 0) is 9.53 Å². The van der Waals surface area contributed by atoms with Crippen molar-refractivity contribution < 1.29 is 19.1 Å². The van der Waals surface area contributed by atoms with Crippen molar-refractivity contribution in [3.8, 4) is 0 Å². The summed E-state index contributed by atoms with van der Waals surface area (Å²) in [6, 6.07) is 3.09. The minimum Gasteiger partial charge on any atom is -0.385 e. The second kappa shape index (κ2) is 8.97. The molecule has 1 aliphatic heterocycles. The number of methoxy groups -OCH3 is 1. The van der Waals surface area contributed by atoms with E-state index in [1.807, 2.05) is 0 Å². The number of hydrogen-bond acceptors (Lipinski definition) is 5. The first-order chi connectivity index (χ1) is 11.7. The molecule has 1 aromatic rings. The van der Waals surface area contributed by atoms with Gasteiger partial charge in [-0.1, -0.05) is 0 Å². The molecule has 8 nitrogen and oxygen atoms in total. The molecule has 1 fully saturated rings. The van der Waals surface area contributed by atoms with Crippen molar-refractivity contribution in [3.05, 3.63) is 29.6 Å². The van der Waals surface area contributed by atoms with Crippen molar-refractivity contribution in [2.45, 2.75) is 6.42 Å². The van der Waals surface area contributed by atoms with Crippen molar-refractivity contribution in [1.82, 2.24) is 20.1 Å². The number of rotatable bonds is 7. The Labute approximate surface area is 140 Å². The van der Waals surface area contributed by atoms with E-state index in [1.165, 1.54) is 12.3 Å². The molecule has 8 heteroatoms. The fourth-order valence-electron chi connectivity index (χ4n) is 2.41. The molecule has 2 heterocycles. The molecule has 0 saturated carbocycles. The number of piperazine rings is 1. The van der Waals surface area contributed by atoms with Crippen LogP contribution >= 0.6 is 0 Å². The number of nitrogens with zero attached hydrogens (tertiary/aromatic N) is 3. The number of nitrogens with one attached hydrogen (secondary N) is 1. The smallest absolute Gasteiger partial charge is 0.269 e. The molecule has 0 radical (unpaired) electrons. The minimum atomic E-state index is -0.313. The van der Waals surface area contributed by atoms with Crippen LogP contribution in [-0.4, -0.2) is 79.4 Å². The number of hydrogen-bond donors (Lipinski definition) is 1. The van der Waals surface area contributed by atoms with Gasteiger partial charge in [0, 0.05) is 58.2 Å². The van der Waals surface area contributed by atoms with E-state index in [2.05, 4.69) is 10.3 Å². The molecule has 3 amide bonds. The quantitative estimate of drug-likeness (QED) is 0.549. The van der Waals surface area contributed by atoms with Crippen LogP contribution in [0.1, 0.15) is 27.3 Å². The van der Waals surface area contributed by atoms with E-state index < -0.39 is 0 Å². The van der Waals surface area contributed by atoms with Crippen LogP contribution in [0.3, 0.4) is 0 Å². The van der Waals surface area contributed by atoms with Crippen LogP contribution in [0.2, 0.25) is 0 Å². The highest BCUT2D eigenvalue weighted by Crippen LogP contribution is 2.09. The average Bonchev–Trinajstić information content (AvgIpc) is 2.64. The highest BCUT2D eigenvalue weighted by Gasteiger charge is 2.22. The minimum absolute atomic E-state index is 0.156. The molecule has 0 bridgehead atoms. The number of carbonyl (C=O) groups is 3. The van der Waals surface area contributed by atoms with Gasteiger partial charge in [-0.15, -0.1) is 0 Å². The first-order valence-corrected chi connectivity index (χ1v) is 7.87. The lowest BCUT2D eigenvalue weighted by Crippen LogP contribution is -2.48. The average molecular weight is 334 g/mol. The Morgan fingerprint density at radius 3 is 2.75 bits per heavy atom. The number of carbonyl (C=O) groups excluding carboxylic acids is 3. The summed E-state index contributed by atoms with van der Waals surface area (Å²) >= 11 is 0. The third-order valence-electron chi connectivity index (χ3n) is 3.80. The monoisotopic (exact) mass is 334 g/mol. The van der Waals surface area contributed by atoms with Crippen molar-refractivity contribution in [1.29, 1.82) is 0 Å². The second-order valence-corrected chi connectivity index (χ2v) is 5.47. The SMILES string of the molecule is COCCCNC(=O)c1cc(C(=O)N2CCN(C=O)CC2)ccn1. The maximum Gasteiger partial charge on any atom is 0.269 e. The number of amides is 3. The molecule has 0 aromatic carbocycles. The van der Waals surface area contributed by atoms with Crippen molar-refractivity contribution in [2.24, 2.45) is 0 Å². The first-order valence-electron chi connectivity index (χ1n) is 7.87. The summed E-state index contributed by atoms with van der Waals surface area (Å²) in [6.45, 7) is 3.07. The molecule has 24 heavy (non-hydrogen) atoms. The van der Waals surface area contributed by atoms with Gasteiger partial charge in [0.15, 0.2) is 0 Å². The van der Waals surface area contributed by atoms with Gasteiger partial charge in [0.05, 0.1) is 0 Å². The molecular weight excluding hydrogens is 312 g/mol. The van der Waals surface area contributed by atoms with E-state index >= 15 is 0 Å².